The summed E-state index contributed by atoms with van der Waals surface area (Å²) in [4.78, 5) is 19.5. The molecule has 0 unspecified atom stereocenters. The van der Waals surface area contributed by atoms with Gasteiger partial charge in [-0.25, -0.2) is 0 Å². The zero-order valence-electron chi connectivity index (χ0n) is 16.8. The number of benzene rings is 2. The molecule has 2 aromatic carbocycles. The zero-order valence-corrected chi connectivity index (χ0v) is 18.4. The second-order valence-corrected chi connectivity index (χ2v) is 7.75. The van der Waals surface area contributed by atoms with Crippen LogP contribution in [0.5, 0.6) is 11.5 Å². The lowest BCUT2D eigenvalue weighted by Crippen LogP contribution is -2.37. The molecule has 0 atom stereocenters. The normalized spacial score (nSPS) is 13.1. The molecule has 5 nitrogen and oxygen atoms in total. The van der Waals surface area contributed by atoms with Crippen LogP contribution in [0.2, 0.25) is 0 Å². The molecule has 0 saturated heterocycles. The summed E-state index contributed by atoms with van der Waals surface area (Å²) >= 11 is 3.52. The maximum atomic E-state index is 13.3. The number of amides is 1. The Morgan fingerprint density at radius 1 is 1.10 bits per heavy atom. The number of fused-ring (bicyclic) bond motifs is 1. The number of hydrogen-bond acceptors (Lipinski definition) is 4. The molecule has 4 rings (SSSR count). The first kappa shape index (κ1) is 20.4. The van der Waals surface area contributed by atoms with Gasteiger partial charge in [-0.05, 0) is 35.7 Å². The van der Waals surface area contributed by atoms with Crippen LogP contribution in [0.4, 0.5) is 0 Å². The van der Waals surface area contributed by atoms with Gasteiger partial charge in [-0.1, -0.05) is 46.3 Å². The number of carbonyl (C=O) groups is 1. The van der Waals surface area contributed by atoms with E-state index in [1.807, 2.05) is 53.4 Å². The quantitative estimate of drug-likeness (QED) is 0.470. The minimum absolute atomic E-state index is 0.00762. The van der Waals surface area contributed by atoms with Crippen molar-refractivity contribution in [1.82, 2.24) is 9.88 Å². The molecule has 0 saturated carbocycles. The van der Waals surface area contributed by atoms with E-state index in [-0.39, 0.29) is 5.91 Å². The Balaban J connectivity index is 1.57. The summed E-state index contributed by atoms with van der Waals surface area (Å²) < 4.78 is 11.4. The summed E-state index contributed by atoms with van der Waals surface area (Å²) in [7, 11) is 1.63. The van der Waals surface area contributed by atoms with Crippen molar-refractivity contribution >= 4 is 21.8 Å². The highest BCUT2D eigenvalue weighted by Crippen LogP contribution is 2.32. The van der Waals surface area contributed by atoms with Gasteiger partial charge in [0.25, 0.3) is 5.91 Å². The van der Waals surface area contributed by atoms with Crippen molar-refractivity contribution in [1.29, 1.82) is 0 Å². The summed E-state index contributed by atoms with van der Waals surface area (Å²) in [5.74, 6) is 1.54. The van der Waals surface area contributed by atoms with E-state index in [4.69, 9.17) is 9.47 Å². The Bertz CT molecular complexity index is 1040. The first-order chi connectivity index (χ1) is 14.7. The van der Waals surface area contributed by atoms with Gasteiger partial charge in [0.05, 0.1) is 19.3 Å². The van der Waals surface area contributed by atoms with E-state index in [1.165, 1.54) is 0 Å². The van der Waals surface area contributed by atoms with Gasteiger partial charge in [-0.3, -0.25) is 9.78 Å². The largest absolute Gasteiger partial charge is 0.497 e. The number of alkyl halides is 1. The van der Waals surface area contributed by atoms with E-state index in [0.29, 0.717) is 30.6 Å². The predicted octanol–water partition coefficient (Wildman–Crippen LogP) is 4.76. The highest BCUT2D eigenvalue weighted by Gasteiger charge is 2.28. The fraction of sp³-hybridized carbons (Fsp3) is 0.250. The Morgan fingerprint density at radius 3 is 2.70 bits per heavy atom. The van der Waals surface area contributed by atoms with Crippen molar-refractivity contribution in [3.8, 4) is 11.5 Å². The monoisotopic (exact) mass is 466 g/mol. The lowest BCUT2D eigenvalue weighted by Gasteiger charge is -2.30. The van der Waals surface area contributed by atoms with Crippen molar-refractivity contribution in [2.75, 3.05) is 13.7 Å². The summed E-state index contributed by atoms with van der Waals surface area (Å²) in [5, 5.41) is 0.659. The fourth-order valence-corrected chi connectivity index (χ4v) is 3.95. The van der Waals surface area contributed by atoms with Crippen LogP contribution in [-0.2, 0) is 24.9 Å². The van der Waals surface area contributed by atoms with Crippen molar-refractivity contribution in [3.05, 3.63) is 88.7 Å². The molecule has 0 spiro atoms. The van der Waals surface area contributed by atoms with Gasteiger partial charge in [-0.2, -0.15) is 0 Å². The van der Waals surface area contributed by atoms with Crippen LogP contribution in [0.25, 0.3) is 0 Å². The van der Waals surface area contributed by atoms with Crippen LogP contribution in [0.15, 0.2) is 60.8 Å². The Kier molecular flexibility index (Phi) is 6.33. The smallest absolute Gasteiger partial charge is 0.254 e. The summed E-state index contributed by atoms with van der Waals surface area (Å²) in [5.41, 5.74) is 4.62. The molecular weight excluding hydrogens is 444 g/mol. The average Bonchev–Trinajstić information content (AvgIpc) is 2.80. The maximum Gasteiger partial charge on any atom is 0.254 e. The number of ether oxygens (including phenoxy) is 2. The number of hydrogen-bond donors (Lipinski definition) is 0. The maximum absolute atomic E-state index is 13.3. The van der Waals surface area contributed by atoms with Gasteiger partial charge in [0.15, 0.2) is 0 Å². The predicted molar refractivity (Wildman–Crippen MR) is 119 cm³/mol. The molecule has 3 aromatic rings. The minimum Gasteiger partial charge on any atom is -0.497 e. The van der Waals surface area contributed by atoms with Crippen LogP contribution in [0.3, 0.4) is 0 Å². The fourth-order valence-electron chi connectivity index (χ4n) is 3.63. The zero-order chi connectivity index (χ0) is 20.9. The number of rotatable bonds is 7. The summed E-state index contributed by atoms with van der Waals surface area (Å²) in [6, 6.07) is 17.7. The molecular formula is C24H23BrN2O3. The molecule has 1 amide bonds. The Labute approximate surface area is 184 Å². The number of carbonyl (C=O) groups excluding carboxylic acids is 1. The summed E-state index contributed by atoms with van der Waals surface area (Å²) in [6.07, 6.45) is 2.45. The van der Waals surface area contributed by atoms with Gasteiger partial charge >= 0.3 is 0 Å². The second kappa shape index (κ2) is 9.30. The topological polar surface area (TPSA) is 51.7 Å². The molecule has 154 valence electrons. The van der Waals surface area contributed by atoms with Gasteiger partial charge < -0.3 is 14.4 Å². The van der Waals surface area contributed by atoms with E-state index in [2.05, 4.69) is 20.9 Å². The Morgan fingerprint density at radius 2 is 1.93 bits per heavy atom. The van der Waals surface area contributed by atoms with Gasteiger partial charge in [0, 0.05) is 35.3 Å². The molecule has 0 aliphatic carbocycles. The number of nitrogens with zero attached hydrogens (tertiary/aromatic N) is 2. The highest BCUT2D eigenvalue weighted by atomic mass is 79.9. The van der Waals surface area contributed by atoms with Crippen LogP contribution < -0.4 is 9.47 Å². The Hall–Kier alpha value is -2.86. The molecule has 0 fully saturated rings. The van der Waals surface area contributed by atoms with E-state index in [9.17, 15) is 4.79 Å². The van der Waals surface area contributed by atoms with Crippen LogP contribution in [0.1, 0.15) is 32.7 Å². The molecule has 0 radical (unpaired) electrons. The molecule has 30 heavy (non-hydrogen) atoms. The summed E-state index contributed by atoms with van der Waals surface area (Å²) in [6.45, 7) is 1.55. The SMILES string of the molecule is COc1ccnc(CN2CCc3c(OCc4ccccc4)cc(CBr)cc3C2=O)c1. The molecule has 6 heteroatoms. The van der Waals surface area contributed by atoms with Crippen molar-refractivity contribution in [3.63, 3.8) is 0 Å². The van der Waals surface area contributed by atoms with Gasteiger partial charge in [0.2, 0.25) is 0 Å². The third-order valence-corrected chi connectivity index (χ3v) is 5.83. The van der Waals surface area contributed by atoms with E-state index >= 15 is 0 Å². The van der Waals surface area contributed by atoms with E-state index in [1.54, 1.807) is 19.4 Å². The molecule has 0 N–H and O–H groups in total. The molecule has 1 aromatic heterocycles. The van der Waals surface area contributed by atoms with Crippen LogP contribution in [-0.4, -0.2) is 29.4 Å². The van der Waals surface area contributed by atoms with E-state index < -0.39 is 0 Å². The van der Waals surface area contributed by atoms with E-state index in [0.717, 1.165) is 40.3 Å². The number of aromatic nitrogens is 1. The average molecular weight is 467 g/mol. The highest BCUT2D eigenvalue weighted by molar-refractivity contribution is 9.08. The second-order valence-electron chi connectivity index (χ2n) is 7.19. The number of pyridine rings is 1. The lowest BCUT2D eigenvalue weighted by molar-refractivity contribution is 0.0722. The molecule has 0 bridgehead atoms. The molecule has 2 heterocycles. The lowest BCUT2D eigenvalue weighted by atomic mass is 9.95. The van der Waals surface area contributed by atoms with Crippen molar-refractivity contribution in [2.45, 2.75) is 24.9 Å². The third kappa shape index (κ3) is 4.49. The van der Waals surface area contributed by atoms with Crippen molar-refractivity contribution in [2.24, 2.45) is 0 Å². The third-order valence-electron chi connectivity index (χ3n) is 5.19. The standard InChI is InChI=1S/C24H23BrN2O3/c1-29-20-7-9-26-19(13-20)15-27-10-8-21-22(24(27)28)11-18(14-25)12-23(21)30-16-17-5-3-2-4-6-17/h2-7,9,11-13H,8,10,14-16H2,1H3. The first-order valence-electron chi connectivity index (χ1n) is 9.84. The van der Waals surface area contributed by atoms with Crippen molar-refractivity contribution < 1.29 is 14.3 Å². The first-order valence-corrected chi connectivity index (χ1v) is 11.0. The molecule has 1 aliphatic rings. The molecule has 1 aliphatic heterocycles. The van der Waals surface area contributed by atoms with Gasteiger partial charge in [0.1, 0.15) is 18.1 Å². The minimum atomic E-state index is 0.00762. The number of methoxy groups -OCH3 is 1. The van der Waals surface area contributed by atoms with Gasteiger partial charge in [-0.15, -0.1) is 0 Å². The number of halogens is 1. The van der Waals surface area contributed by atoms with Crippen LogP contribution in [0, 0.1) is 0 Å². The van der Waals surface area contributed by atoms with Crippen LogP contribution >= 0.6 is 15.9 Å².